The van der Waals surface area contributed by atoms with Crippen LogP contribution in [0.1, 0.15) is 5.56 Å². The van der Waals surface area contributed by atoms with Crippen molar-refractivity contribution in [2.24, 2.45) is 0 Å². The Morgan fingerprint density at radius 2 is 1.81 bits per heavy atom. The first-order chi connectivity index (χ1) is 7.65. The topological polar surface area (TPSA) is 28.8 Å². The predicted octanol–water partition coefficient (Wildman–Crippen LogP) is 3.27. The standard InChI is InChI=1S/C12H10ClIN2/c13-10-3-1-9(2-4-10)7-16-8-11(14)5-6-12(16)15/h1-6,8,15H,7H2. The Labute approximate surface area is 113 Å². The van der Waals surface area contributed by atoms with Gasteiger partial charge in [0, 0.05) is 21.3 Å². The third kappa shape index (κ3) is 2.86. The lowest BCUT2D eigenvalue weighted by atomic mass is 10.2. The number of pyridine rings is 1. The molecule has 0 spiro atoms. The second kappa shape index (κ2) is 5.01. The Morgan fingerprint density at radius 1 is 1.12 bits per heavy atom. The second-order valence-electron chi connectivity index (χ2n) is 3.49. The molecule has 4 heteroatoms. The van der Waals surface area contributed by atoms with Crippen LogP contribution < -0.4 is 5.49 Å². The average molecular weight is 345 g/mol. The fourth-order valence-corrected chi connectivity index (χ4v) is 2.08. The third-order valence-corrected chi connectivity index (χ3v) is 3.15. The molecule has 0 radical (unpaired) electrons. The zero-order chi connectivity index (χ0) is 11.5. The Kier molecular flexibility index (Phi) is 3.66. The molecular weight excluding hydrogens is 335 g/mol. The fraction of sp³-hybridized carbons (Fsp3) is 0.0833. The van der Waals surface area contributed by atoms with Crippen LogP contribution in [-0.2, 0) is 6.54 Å². The van der Waals surface area contributed by atoms with Gasteiger partial charge in [0.1, 0.15) is 5.49 Å². The summed E-state index contributed by atoms with van der Waals surface area (Å²) in [5.41, 5.74) is 1.65. The number of hydrogen-bond acceptors (Lipinski definition) is 1. The highest BCUT2D eigenvalue weighted by Crippen LogP contribution is 2.10. The molecule has 82 valence electrons. The maximum atomic E-state index is 7.79. The van der Waals surface area contributed by atoms with E-state index in [4.69, 9.17) is 17.0 Å². The highest BCUT2D eigenvalue weighted by molar-refractivity contribution is 14.1. The van der Waals surface area contributed by atoms with Gasteiger partial charge in [-0.1, -0.05) is 23.7 Å². The van der Waals surface area contributed by atoms with Gasteiger partial charge in [-0.15, -0.1) is 0 Å². The summed E-state index contributed by atoms with van der Waals surface area (Å²) in [5.74, 6) is 0. The van der Waals surface area contributed by atoms with E-state index in [1.54, 1.807) is 6.07 Å². The van der Waals surface area contributed by atoms with Gasteiger partial charge in [0.05, 0.1) is 0 Å². The van der Waals surface area contributed by atoms with Crippen LogP contribution in [0.3, 0.4) is 0 Å². The summed E-state index contributed by atoms with van der Waals surface area (Å²) in [5, 5.41) is 8.53. The van der Waals surface area contributed by atoms with Crippen LogP contribution in [0.4, 0.5) is 0 Å². The third-order valence-electron chi connectivity index (χ3n) is 2.26. The minimum absolute atomic E-state index is 0.510. The van der Waals surface area contributed by atoms with E-state index >= 15 is 0 Å². The van der Waals surface area contributed by atoms with Crippen molar-refractivity contribution in [1.82, 2.24) is 4.57 Å². The molecule has 16 heavy (non-hydrogen) atoms. The number of aromatic nitrogens is 1. The highest BCUT2D eigenvalue weighted by atomic mass is 127. The summed E-state index contributed by atoms with van der Waals surface area (Å²) in [4.78, 5) is 0. The number of nitrogens with one attached hydrogen (secondary N) is 1. The van der Waals surface area contributed by atoms with Gasteiger partial charge in [0.25, 0.3) is 0 Å². The lowest BCUT2D eigenvalue weighted by Gasteiger charge is -2.07. The van der Waals surface area contributed by atoms with Crippen molar-refractivity contribution >= 4 is 34.2 Å². The predicted molar refractivity (Wildman–Crippen MR) is 73.6 cm³/mol. The first-order valence-corrected chi connectivity index (χ1v) is 6.26. The van der Waals surface area contributed by atoms with Gasteiger partial charge in [0.15, 0.2) is 0 Å². The maximum Gasteiger partial charge on any atom is 0.125 e. The molecule has 1 heterocycles. The van der Waals surface area contributed by atoms with Gasteiger partial charge in [-0.05, 0) is 52.4 Å². The minimum atomic E-state index is 0.510. The average Bonchev–Trinajstić information content (AvgIpc) is 2.27. The number of rotatable bonds is 2. The van der Waals surface area contributed by atoms with E-state index in [-0.39, 0.29) is 0 Å². The molecule has 2 rings (SSSR count). The van der Waals surface area contributed by atoms with Crippen LogP contribution in [0.2, 0.25) is 5.02 Å². The van der Waals surface area contributed by atoms with Crippen LogP contribution in [0.25, 0.3) is 0 Å². The molecule has 0 aliphatic carbocycles. The van der Waals surface area contributed by atoms with Crippen molar-refractivity contribution in [2.75, 3.05) is 0 Å². The Bertz CT molecular complexity index is 546. The normalized spacial score (nSPS) is 10.4. The van der Waals surface area contributed by atoms with E-state index in [0.29, 0.717) is 12.0 Å². The number of halogens is 2. The van der Waals surface area contributed by atoms with Gasteiger partial charge >= 0.3 is 0 Å². The number of benzene rings is 1. The second-order valence-corrected chi connectivity index (χ2v) is 5.17. The zero-order valence-corrected chi connectivity index (χ0v) is 11.4. The van der Waals surface area contributed by atoms with Crippen LogP contribution in [-0.4, -0.2) is 4.57 Å². The van der Waals surface area contributed by atoms with Crippen molar-refractivity contribution in [2.45, 2.75) is 6.54 Å². The summed E-state index contributed by atoms with van der Waals surface area (Å²) in [6.07, 6.45) is 1.97. The quantitative estimate of drug-likeness (QED) is 0.810. The lowest BCUT2D eigenvalue weighted by molar-refractivity contribution is 0.728. The Balaban J connectivity index is 2.30. The molecule has 0 saturated carbocycles. The summed E-state index contributed by atoms with van der Waals surface area (Å²) >= 11 is 8.07. The van der Waals surface area contributed by atoms with Crippen molar-refractivity contribution < 1.29 is 0 Å². The Hall–Kier alpha value is -0.810. The molecule has 0 aliphatic rings. The fourth-order valence-electron chi connectivity index (χ4n) is 1.43. The van der Waals surface area contributed by atoms with Crippen LogP contribution in [0, 0.1) is 8.98 Å². The molecule has 2 aromatic rings. The van der Waals surface area contributed by atoms with E-state index < -0.39 is 0 Å². The molecule has 0 unspecified atom stereocenters. The SMILES string of the molecule is N=c1ccc(I)cn1Cc1ccc(Cl)cc1. The minimum Gasteiger partial charge on any atom is -0.328 e. The highest BCUT2D eigenvalue weighted by Gasteiger charge is 1.97. The molecule has 0 aliphatic heterocycles. The van der Waals surface area contributed by atoms with Crippen LogP contribution in [0.5, 0.6) is 0 Å². The van der Waals surface area contributed by atoms with Crippen LogP contribution >= 0.6 is 34.2 Å². The molecule has 0 atom stereocenters. The molecule has 1 N–H and O–H groups in total. The lowest BCUT2D eigenvalue weighted by Crippen LogP contribution is -2.19. The van der Waals surface area contributed by atoms with Gasteiger partial charge in [-0.2, -0.15) is 0 Å². The monoisotopic (exact) mass is 344 g/mol. The van der Waals surface area contributed by atoms with E-state index in [1.807, 2.05) is 41.1 Å². The maximum absolute atomic E-state index is 7.79. The molecular formula is C12H10ClIN2. The molecule has 0 bridgehead atoms. The van der Waals surface area contributed by atoms with E-state index in [1.165, 1.54) is 0 Å². The first kappa shape index (κ1) is 11.7. The largest absolute Gasteiger partial charge is 0.328 e. The van der Waals surface area contributed by atoms with Gasteiger partial charge in [0.2, 0.25) is 0 Å². The Morgan fingerprint density at radius 3 is 2.50 bits per heavy atom. The van der Waals surface area contributed by atoms with Crippen molar-refractivity contribution in [1.29, 1.82) is 5.41 Å². The van der Waals surface area contributed by atoms with Crippen molar-refractivity contribution in [3.63, 3.8) is 0 Å². The number of hydrogen-bond donors (Lipinski definition) is 1. The molecule has 0 fully saturated rings. The van der Waals surface area contributed by atoms with Crippen molar-refractivity contribution in [3.05, 3.63) is 62.2 Å². The van der Waals surface area contributed by atoms with Gasteiger partial charge in [-0.25, -0.2) is 0 Å². The molecule has 1 aromatic heterocycles. The van der Waals surface area contributed by atoms with Gasteiger partial charge in [-0.3, -0.25) is 5.41 Å². The smallest absolute Gasteiger partial charge is 0.125 e. The number of nitrogens with zero attached hydrogens (tertiary/aromatic N) is 1. The molecule has 1 aromatic carbocycles. The molecule has 2 nitrogen and oxygen atoms in total. The summed E-state index contributed by atoms with van der Waals surface area (Å²) < 4.78 is 3.04. The summed E-state index contributed by atoms with van der Waals surface area (Å²) in [6.45, 7) is 0.701. The summed E-state index contributed by atoms with van der Waals surface area (Å²) in [7, 11) is 0. The molecule has 0 saturated heterocycles. The van der Waals surface area contributed by atoms with E-state index in [9.17, 15) is 0 Å². The first-order valence-electron chi connectivity index (χ1n) is 4.80. The summed E-state index contributed by atoms with van der Waals surface area (Å²) in [6, 6.07) is 11.4. The molecule has 0 amide bonds. The van der Waals surface area contributed by atoms with Gasteiger partial charge < -0.3 is 4.57 Å². The van der Waals surface area contributed by atoms with Crippen molar-refractivity contribution in [3.8, 4) is 0 Å². The zero-order valence-electron chi connectivity index (χ0n) is 8.45. The van der Waals surface area contributed by atoms with Crippen LogP contribution in [0.15, 0.2) is 42.6 Å². The van der Waals surface area contributed by atoms with E-state index in [2.05, 4.69) is 22.6 Å². The van der Waals surface area contributed by atoms with E-state index in [0.717, 1.165) is 14.2 Å².